The second-order valence-corrected chi connectivity index (χ2v) is 5.30. The van der Waals surface area contributed by atoms with Crippen molar-refractivity contribution in [3.63, 3.8) is 0 Å². The number of anilines is 1. The van der Waals surface area contributed by atoms with Gasteiger partial charge in [0.05, 0.1) is 23.8 Å². The summed E-state index contributed by atoms with van der Waals surface area (Å²) in [6.07, 6.45) is 4.01. The Balaban J connectivity index is 1.75. The first kappa shape index (κ1) is 12.2. The highest BCUT2D eigenvalue weighted by molar-refractivity contribution is 6.24. The fourth-order valence-electron chi connectivity index (χ4n) is 2.26. The smallest absolute Gasteiger partial charge is 0.228 e. The molecule has 0 aliphatic carbocycles. The molecule has 0 N–H and O–H groups in total. The molecule has 0 spiro atoms. The van der Waals surface area contributed by atoms with Gasteiger partial charge in [0, 0.05) is 19.2 Å². The number of alkyl halides is 1. The Morgan fingerprint density at radius 1 is 1.32 bits per heavy atom. The number of halogens is 1. The van der Waals surface area contributed by atoms with Crippen molar-refractivity contribution in [2.45, 2.75) is 18.3 Å². The highest BCUT2D eigenvalue weighted by Gasteiger charge is 2.29. The average molecular weight is 276 g/mol. The Kier molecular flexibility index (Phi) is 3.25. The lowest BCUT2D eigenvalue weighted by atomic mass is 10.2. The van der Waals surface area contributed by atoms with Crippen LogP contribution in [0.15, 0.2) is 42.7 Å². The minimum Gasteiger partial charge on any atom is -0.308 e. The zero-order chi connectivity index (χ0) is 13.2. The molecule has 1 saturated heterocycles. The molecule has 1 aromatic carbocycles. The van der Waals surface area contributed by atoms with E-state index >= 15 is 0 Å². The van der Waals surface area contributed by atoms with Crippen LogP contribution in [-0.4, -0.2) is 27.6 Å². The van der Waals surface area contributed by atoms with Crippen molar-refractivity contribution < 1.29 is 4.79 Å². The van der Waals surface area contributed by atoms with Crippen LogP contribution in [-0.2, 0) is 11.3 Å². The van der Waals surface area contributed by atoms with Gasteiger partial charge in [-0.25, -0.2) is 0 Å². The second-order valence-electron chi connectivity index (χ2n) is 4.69. The number of hydrogen-bond acceptors (Lipinski definition) is 2. The second kappa shape index (κ2) is 5.05. The number of rotatable bonds is 3. The summed E-state index contributed by atoms with van der Waals surface area (Å²) in [6, 6.07) is 10.1. The quantitative estimate of drug-likeness (QED) is 0.806. The first-order valence-electron chi connectivity index (χ1n) is 6.23. The maximum Gasteiger partial charge on any atom is 0.228 e. The van der Waals surface area contributed by atoms with E-state index < -0.39 is 0 Å². The van der Waals surface area contributed by atoms with E-state index in [4.69, 9.17) is 11.6 Å². The molecule has 1 unspecified atom stereocenters. The Morgan fingerprint density at radius 3 is 2.79 bits per heavy atom. The molecule has 0 bridgehead atoms. The lowest BCUT2D eigenvalue weighted by molar-refractivity contribution is -0.117. The van der Waals surface area contributed by atoms with Crippen molar-refractivity contribution in [1.82, 2.24) is 9.78 Å². The molecule has 1 aliphatic heterocycles. The highest BCUT2D eigenvalue weighted by atomic mass is 35.5. The maximum absolute atomic E-state index is 11.8. The molecule has 1 fully saturated rings. The molecular formula is C14H14ClN3O. The zero-order valence-corrected chi connectivity index (χ0v) is 11.1. The molecule has 19 heavy (non-hydrogen) atoms. The number of nitrogens with zero attached hydrogens (tertiary/aromatic N) is 3. The van der Waals surface area contributed by atoms with Crippen molar-refractivity contribution in [3.05, 3.63) is 48.3 Å². The summed E-state index contributed by atoms with van der Waals surface area (Å²) in [5, 5.41) is 4.20. The van der Waals surface area contributed by atoms with Crippen LogP contribution in [0.25, 0.3) is 0 Å². The van der Waals surface area contributed by atoms with E-state index in [0.29, 0.717) is 19.5 Å². The van der Waals surface area contributed by atoms with Crippen LogP contribution in [0, 0.1) is 0 Å². The number of carbonyl (C=O) groups excluding carboxylic acids is 1. The molecule has 1 aliphatic rings. The Morgan fingerprint density at radius 2 is 2.11 bits per heavy atom. The lowest BCUT2D eigenvalue weighted by Crippen LogP contribution is -2.24. The predicted molar refractivity (Wildman–Crippen MR) is 74.4 cm³/mol. The van der Waals surface area contributed by atoms with Crippen LogP contribution < -0.4 is 4.90 Å². The summed E-state index contributed by atoms with van der Waals surface area (Å²) in [4.78, 5) is 13.5. The van der Waals surface area contributed by atoms with E-state index in [9.17, 15) is 4.79 Å². The topological polar surface area (TPSA) is 38.1 Å². The van der Waals surface area contributed by atoms with Gasteiger partial charge in [0.1, 0.15) is 0 Å². The van der Waals surface area contributed by atoms with Gasteiger partial charge in [-0.05, 0) is 5.56 Å². The number of benzene rings is 1. The molecule has 3 rings (SSSR count). The molecule has 1 atom stereocenters. The number of carbonyl (C=O) groups is 1. The summed E-state index contributed by atoms with van der Waals surface area (Å²) in [5.74, 6) is 0.0688. The highest BCUT2D eigenvalue weighted by Crippen LogP contribution is 2.23. The summed E-state index contributed by atoms with van der Waals surface area (Å²) in [5.41, 5.74) is 2.00. The summed E-state index contributed by atoms with van der Waals surface area (Å²) in [6.45, 7) is 1.27. The monoisotopic (exact) mass is 275 g/mol. The van der Waals surface area contributed by atoms with Crippen LogP contribution in [0.3, 0.4) is 0 Å². The standard InChI is InChI=1S/C14H14ClN3O/c15-12-6-14(19)18(9-12)13-7-16-17(10-13)8-11-4-2-1-3-5-11/h1-5,7,10,12H,6,8-9H2. The molecule has 5 heteroatoms. The molecule has 0 saturated carbocycles. The van der Waals surface area contributed by atoms with Gasteiger partial charge < -0.3 is 4.90 Å². The van der Waals surface area contributed by atoms with Gasteiger partial charge in [-0.2, -0.15) is 5.10 Å². The Labute approximate surface area is 116 Å². The third kappa shape index (κ3) is 2.63. The van der Waals surface area contributed by atoms with Crippen LogP contribution in [0.1, 0.15) is 12.0 Å². The van der Waals surface area contributed by atoms with E-state index in [1.807, 2.05) is 29.1 Å². The van der Waals surface area contributed by atoms with Crippen LogP contribution in [0.5, 0.6) is 0 Å². The zero-order valence-electron chi connectivity index (χ0n) is 10.4. The first-order valence-corrected chi connectivity index (χ1v) is 6.67. The summed E-state index contributed by atoms with van der Waals surface area (Å²) in [7, 11) is 0. The summed E-state index contributed by atoms with van der Waals surface area (Å²) < 4.78 is 1.83. The fraction of sp³-hybridized carbons (Fsp3) is 0.286. The molecule has 2 heterocycles. The van der Waals surface area contributed by atoms with E-state index in [1.54, 1.807) is 11.1 Å². The van der Waals surface area contributed by atoms with E-state index in [-0.39, 0.29) is 11.3 Å². The normalized spacial score (nSPS) is 19.1. The third-order valence-corrected chi connectivity index (χ3v) is 3.49. The van der Waals surface area contributed by atoms with Gasteiger partial charge in [-0.15, -0.1) is 11.6 Å². The summed E-state index contributed by atoms with van der Waals surface area (Å²) >= 11 is 6.00. The third-order valence-electron chi connectivity index (χ3n) is 3.20. The minimum absolute atomic E-state index is 0.0688. The Bertz CT molecular complexity index is 581. The van der Waals surface area contributed by atoms with Gasteiger partial charge in [-0.1, -0.05) is 30.3 Å². The Hall–Kier alpha value is -1.81. The first-order chi connectivity index (χ1) is 9.22. The van der Waals surface area contributed by atoms with Crippen molar-refractivity contribution in [1.29, 1.82) is 0 Å². The number of aromatic nitrogens is 2. The molecule has 0 radical (unpaired) electrons. The van der Waals surface area contributed by atoms with Gasteiger partial charge in [0.25, 0.3) is 0 Å². The number of hydrogen-bond donors (Lipinski definition) is 0. The van der Waals surface area contributed by atoms with Gasteiger partial charge in [-0.3, -0.25) is 9.48 Å². The molecule has 98 valence electrons. The molecule has 4 nitrogen and oxygen atoms in total. The largest absolute Gasteiger partial charge is 0.308 e. The van der Waals surface area contributed by atoms with E-state index in [1.165, 1.54) is 5.56 Å². The average Bonchev–Trinajstić information content (AvgIpc) is 2.97. The SMILES string of the molecule is O=C1CC(Cl)CN1c1cnn(Cc2ccccc2)c1. The lowest BCUT2D eigenvalue weighted by Gasteiger charge is -2.12. The van der Waals surface area contributed by atoms with E-state index in [0.717, 1.165) is 5.69 Å². The van der Waals surface area contributed by atoms with Crippen molar-refractivity contribution in [3.8, 4) is 0 Å². The van der Waals surface area contributed by atoms with Crippen LogP contribution >= 0.6 is 11.6 Å². The van der Waals surface area contributed by atoms with Gasteiger partial charge in [0.2, 0.25) is 5.91 Å². The minimum atomic E-state index is -0.0926. The molecule has 2 aromatic rings. The molecule has 1 aromatic heterocycles. The van der Waals surface area contributed by atoms with Gasteiger partial charge >= 0.3 is 0 Å². The maximum atomic E-state index is 11.8. The van der Waals surface area contributed by atoms with E-state index in [2.05, 4.69) is 17.2 Å². The van der Waals surface area contributed by atoms with Gasteiger partial charge in [0.15, 0.2) is 0 Å². The molecular weight excluding hydrogens is 262 g/mol. The number of amides is 1. The van der Waals surface area contributed by atoms with Crippen LogP contribution in [0.2, 0.25) is 0 Å². The van der Waals surface area contributed by atoms with Crippen LogP contribution in [0.4, 0.5) is 5.69 Å². The predicted octanol–water partition coefficient (Wildman–Crippen LogP) is 2.28. The van der Waals surface area contributed by atoms with Crippen molar-refractivity contribution >= 4 is 23.2 Å². The van der Waals surface area contributed by atoms with Crippen molar-refractivity contribution in [2.24, 2.45) is 0 Å². The molecule has 1 amide bonds. The van der Waals surface area contributed by atoms with Crippen molar-refractivity contribution in [2.75, 3.05) is 11.4 Å². The fourth-order valence-corrected chi connectivity index (χ4v) is 2.53.